The van der Waals surface area contributed by atoms with Crippen molar-refractivity contribution >= 4 is 11.8 Å². The highest BCUT2D eigenvalue weighted by atomic mass is 32.2. The van der Waals surface area contributed by atoms with E-state index in [0.29, 0.717) is 18.7 Å². The van der Waals surface area contributed by atoms with E-state index in [1.165, 1.54) is 0 Å². The normalized spacial score (nSPS) is 16.0. The minimum absolute atomic E-state index is 0.0449. The van der Waals surface area contributed by atoms with E-state index >= 15 is 0 Å². The number of rotatable bonds is 8. The maximum atomic E-state index is 13.9. The Kier molecular flexibility index (Phi) is 8.11. The van der Waals surface area contributed by atoms with Crippen LogP contribution in [0, 0.1) is 6.92 Å². The second-order valence-corrected chi connectivity index (χ2v) is 9.62. The van der Waals surface area contributed by atoms with Gasteiger partial charge in [0.2, 0.25) is 0 Å². The van der Waals surface area contributed by atoms with Gasteiger partial charge >= 0.3 is 0 Å². The number of hydrogen-bond acceptors (Lipinski definition) is 6. The van der Waals surface area contributed by atoms with Crippen molar-refractivity contribution in [3.63, 3.8) is 0 Å². The Hall–Kier alpha value is -2.58. The van der Waals surface area contributed by atoms with Crippen LogP contribution in [0.25, 0.3) is 0 Å². The lowest BCUT2D eigenvalue weighted by Crippen LogP contribution is -2.49. The molecule has 1 aliphatic heterocycles. The summed E-state index contributed by atoms with van der Waals surface area (Å²) in [6.45, 7) is 6.24. The maximum Gasteiger partial charge on any atom is 0.259 e. The molecule has 0 unspecified atom stereocenters. The van der Waals surface area contributed by atoms with Crippen molar-refractivity contribution in [2.45, 2.75) is 24.4 Å². The molecule has 1 atom stereocenters. The summed E-state index contributed by atoms with van der Waals surface area (Å²) >= 11 is 1.68. The molecule has 4 rings (SSSR count). The van der Waals surface area contributed by atoms with Crippen LogP contribution in [-0.2, 0) is 6.54 Å². The second-order valence-electron chi connectivity index (χ2n) is 8.74. The molecule has 34 heavy (non-hydrogen) atoms. The average Bonchev–Trinajstić information content (AvgIpc) is 2.86. The molecule has 3 aromatic rings. The number of hydrogen-bond donors (Lipinski definition) is 2. The SMILES string of the molecule is CSc1ccc([C@@H](c2c(O)cc(C)n(Cc3ccccc3)c2=O)N2CCN(CCO)CC2)cc1. The molecule has 7 heteroatoms. The van der Waals surface area contributed by atoms with Gasteiger partial charge in [-0.2, -0.15) is 0 Å². The Morgan fingerprint density at radius 1 is 1.00 bits per heavy atom. The van der Waals surface area contributed by atoms with Crippen molar-refractivity contribution in [1.82, 2.24) is 14.4 Å². The molecule has 0 saturated carbocycles. The molecule has 6 nitrogen and oxygen atoms in total. The van der Waals surface area contributed by atoms with Gasteiger partial charge < -0.3 is 14.8 Å². The van der Waals surface area contributed by atoms with Crippen LogP contribution < -0.4 is 5.56 Å². The third-order valence-electron chi connectivity index (χ3n) is 6.60. The first-order valence-electron chi connectivity index (χ1n) is 11.7. The first-order chi connectivity index (χ1) is 16.5. The number of aliphatic hydroxyl groups excluding tert-OH is 1. The molecule has 0 bridgehead atoms. The topological polar surface area (TPSA) is 68.9 Å². The van der Waals surface area contributed by atoms with Gasteiger partial charge in [0.05, 0.1) is 24.8 Å². The number of thioether (sulfide) groups is 1. The van der Waals surface area contributed by atoms with E-state index in [1.807, 2.05) is 43.5 Å². The van der Waals surface area contributed by atoms with Crippen molar-refractivity contribution in [3.8, 4) is 5.75 Å². The number of aryl methyl sites for hydroxylation is 1. The fourth-order valence-electron chi connectivity index (χ4n) is 4.72. The van der Waals surface area contributed by atoms with Gasteiger partial charge in [0.25, 0.3) is 5.56 Å². The van der Waals surface area contributed by atoms with Crippen LogP contribution in [0.1, 0.15) is 28.4 Å². The largest absolute Gasteiger partial charge is 0.507 e. The van der Waals surface area contributed by atoms with E-state index in [0.717, 1.165) is 47.9 Å². The Labute approximate surface area is 205 Å². The second kappa shape index (κ2) is 11.2. The number of benzene rings is 2. The van der Waals surface area contributed by atoms with Crippen LogP contribution in [0.4, 0.5) is 0 Å². The van der Waals surface area contributed by atoms with Crippen molar-refractivity contribution in [3.05, 3.63) is 93.4 Å². The maximum absolute atomic E-state index is 13.9. The highest BCUT2D eigenvalue weighted by molar-refractivity contribution is 7.98. The summed E-state index contributed by atoms with van der Waals surface area (Å²) in [6.07, 6.45) is 2.04. The van der Waals surface area contributed by atoms with Gasteiger partial charge in [0.15, 0.2) is 0 Å². The van der Waals surface area contributed by atoms with Crippen molar-refractivity contribution in [2.24, 2.45) is 0 Å². The Balaban J connectivity index is 1.77. The summed E-state index contributed by atoms with van der Waals surface area (Å²) in [4.78, 5) is 19.6. The molecular weight excluding hydrogens is 446 g/mol. The Morgan fingerprint density at radius 3 is 2.29 bits per heavy atom. The predicted octanol–water partition coefficient (Wildman–Crippen LogP) is 3.33. The summed E-state index contributed by atoms with van der Waals surface area (Å²) in [6, 6.07) is 19.6. The van der Waals surface area contributed by atoms with Crippen molar-refractivity contribution in [2.75, 3.05) is 45.6 Å². The fraction of sp³-hybridized carbons (Fsp3) is 0.370. The molecule has 2 N–H and O–H groups in total. The molecule has 1 aromatic heterocycles. The van der Waals surface area contributed by atoms with Crippen LogP contribution in [0.5, 0.6) is 5.75 Å². The minimum Gasteiger partial charge on any atom is -0.507 e. The zero-order chi connectivity index (χ0) is 24.1. The summed E-state index contributed by atoms with van der Waals surface area (Å²) < 4.78 is 1.76. The lowest BCUT2D eigenvalue weighted by molar-refractivity contribution is 0.0932. The molecule has 2 aromatic carbocycles. The van der Waals surface area contributed by atoms with E-state index in [1.54, 1.807) is 22.4 Å². The number of aromatic hydroxyl groups is 1. The van der Waals surface area contributed by atoms with Crippen LogP contribution in [0.15, 0.2) is 70.4 Å². The zero-order valence-electron chi connectivity index (χ0n) is 19.9. The fourth-order valence-corrected chi connectivity index (χ4v) is 5.13. The number of β-amino-alcohol motifs (C(OH)–C–C–N with tert-alkyl or cyclic N) is 1. The van der Waals surface area contributed by atoms with Gasteiger partial charge in [-0.25, -0.2) is 0 Å². The van der Waals surface area contributed by atoms with Crippen LogP contribution in [0.2, 0.25) is 0 Å². The van der Waals surface area contributed by atoms with E-state index in [-0.39, 0.29) is 24.0 Å². The molecule has 1 saturated heterocycles. The number of aliphatic hydroxyl groups is 1. The first kappa shape index (κ1) is 24.5. The summed E-state index contributed by atoms with van der Waals surface area (Å²) in [5, 5.41) is 20.4. The monoisotopic (exact) mass is 479 g/mol. The van der Waals surface area contributed by atoms with Gasteiger partial charge in [-0.05, 0) is 42.5 Å². The molecule has 0 amide bonds. The number of piperazine rings is 1. The van der Waals surface area contributed by atoms with Crippen LogP contribution in [0.3, 0.4) is 0 Å². The quantitative estimate of drug-likeness (QED) is 0.483. The average molecular weight is 480 g/mol. The first-order valence-corrected chi connectivity index (χ1v) is 12.9. The zero-order valence-corrected chi connectivity index (χ0v) is 20.7. The van der Waals surface area contributed by atoms with E-state index in [4.69, 9.17) is 0 Å². The van der Waals surface area contributed by atoms with Gasteiger partial charge in [0.1, 0.15) is 5.75 Å². The van der Waals surface area contributed by atoms with E-state index in [9.17, 15) is 15.0 Å². The standard InChI is InChI=1S/C27H33N3O3S/c1-20-18-24(32)25(27(33)30(20)19-21-6-4-3-5-7-21)26(22-8-10-23(34-2)11-9-22)29-14-12-28(13-15-29)16-17-31/h3-11,18,26,31-32H,12-17,19H2,1-2H3/t26-/m0/s1. The summed E-state index contributed by atoms with van der Waals surface area (Å²) in [5.74, 6) is 0.0449. The third kappa shape index (κ3) is 5.39. The molecule has 1 aliphatic rings. The number of pyridine rings is 1. The smallest absolute Gasteiger partial charge is 0.259 e. The van der Waals surface area contributed by atoms with Crippen molar-refractivity contribution < 1.29 is 10.2 Å². The van der Waals surface area contributed by atoms with E-state index in [2.05, 4.69) is 34.1 Å². The molecule has 180 valence electrons. The molecule has 0 spiro atoms. The van der Waals surface area contributed by atoms with Gasteiger partial charge in [0, 0.05) is 43.3 Å². The summed E-state index contributed by atoms with van der Waals surface area (Å²) in [5.41, 5.74) is 3.05. The van der Waals surface area contributed by atoms with Crippen LogP contribution >= 0.6 is 11.8 Å². The van der Waals surface area contributed by atoms with Gasteiger partial charge in [-0.1, -0.05) is 42.5 Å². The number of nitrogens with zero attached hydrogens (tertiary/aromatic N) is 3. The molecule has 1 fully saturated rings. The molecular formula is C27H33N3O3S. The third-order valence-corrected chi connectivity index (χ3v) is 7.34. The Bertz CT molecular complexity index is 1140. The predicted molar refractivity (Wildman–Crippen MR) is 138 cm³/mol. The molecule has 0 radical (unpaired) electrons. The molecule has 0 aliphatic carbocycles. The van der Waals surface area contributed by atoms with Gasteiger partial charge in [-0.3, -0.25) is 14.6 Å². The van der Waals surface area contributed by atoms with E-state index < -0.39 is 0 Å². The molecule has 2 heterocycles. The lowest BCUT2D eigenvalue weighted by atomic mass is 9.96. The van der Waals surface area contributed by atoms with Crippen molar-refractivity contribution in [1.29, 1.82) is 0 Å². The summed E-state index contributed by atoms with van der Waals surface area (Å²) in [7, 11) is 0. The number of aromatic nitrogens is 1. The highest BCUT2D eigenvalue weighted by Gasteiger charge is 2.31. The van der Waals surface area contributed by atoms with Gasteiger partial charge in [-0.15, -0.1) is 11.8 Å². The lowest BCUT2D eigenvalue weighted by Gasteiger charge is -2.39. The van der Waals surface area contributed by atoms with Crippen LogP contribution in [-0.4, -0.2) is 70.2 Å². The minimum atomic E-state index is -0.345. The highest BCUT2D eigenvalue weighted by Crippen LogP contribution is 2.34. The Morgan fingerprint density at radius 2 is 1.68 bits per heavy atom.